The van der Waals surface area contributed by atoms with Crippen molar-refractivity contribution in [2.24, 2.45) is 5.84 Å². The number of aliphatic hydroxyl groups is 1. The van der Waals surface area contributed by atoms with Gasteiger partial charge in [-0.3, -0.25) is 0 Å². The van der Waals surface area contributed by atoms with E-state index in [9.17, 15) is 0 Å². The molecule has 1 aromatic rings. The number of nitrogens with two attached hydrogens (primary N) is 1. The van der Waals surface area contributed by atoms with E-state index in [1.807, 2.05) is 6.92 Å². The molecule has 0 saturated carbocycles. The zero-order valence-corrected chi connectivity index (χ0v) is 8.82. The van der Waals surface area contributed by atoms with Crippen molar-refractivity contribution in [1.29, 1.82) is 0 Å². The predicted molar refractivity (Wildman–Crippen MR) is 59.4 cm³/mol. The fraction of sp³-hybridized carbons (Fsp3) is 0.556. The van der Waals surface area contributed by atoms with E-state index >= 15 is 0 Å². The van der Waals surface area contributed by atoms with Crippen molar-refractivity contribution in [3.05, 3.63) is 11.9 Å². The molecule has 0 fully saturated rings. The van der Waals surface area contributed by atoms with Gasteiger partial charge in [0.25, 0.3) is 0 Å². The third-order valence-electron chi connectivity index (χ3n) is 1.88. The van der Waals surface area contributed by atoms with Crippen molar-refractivity contribution in [2.45, 2.75) is 19.8 Å². The Kier molecular flexibility index (Phi) is 4.79. The van der Waals surface area contributed by atoms with Gasteiger partial charge >= 0.3 is 0 Å². The number of nitrogen functional groups attached to an aromatic ring is 1. The highest BCUT2D eigenvalue weighted by Gasteiger charge is 2.01. The number of aromatic nitrogens is 2. The molecule has 1 aromatic heterocycles. The van der Waals surface area contributed by atoms with Gasteiger partial charge in [0.05, 0.1) is 0 Å². The van der Waals surface area contributed by atoms with Gasteiger partial charge in [0, 0.05) is 25.6 Å². The number of hydrogen-bond donors (Lipinski definition) is 4. The summed E-state index contributed by atoms with van der Waals surface area (Å²) in [6.45, 7) is 2.83. The average molecular weight is 211 g/mol. The molecule has 0 radical (unpaired) electrons. The summed E-state index contributed by atoms with van der Waals surface area (Å²) < 4.78 is 0. The van der Waals surface area contributed by atoms with Crippen molar-refractivity contribution < 1.29 is 5.11 Å². The minimum atomic E-state index is 0.167. The van der Waals surface area contributed by atoms with Gasteiger partial charge in [0.15, 0.2) is 0 Å². The van der Waals surface area contributed by atoms with E-state index < -0.39 is 0 Å². The second-order valence-corrected chi connectivity index (χ2v) is 3.06. The number of rotatable bonds is 6. The Hall–Kier alpha value is -1.40. The maximum Gasteiger partial charge on any atom is 0.145 e. The van der Waals surface area contributed by atoms with Gasteiger partial charge in [-0.25, -0.2) is 15.8 Å². The van der Waals surface area contributed by atoms with E-state index in [1.165, 1.54) is 0 Å². The zero-order valence-electron chi connectivity index (χ0n) is 8.82. The smallest absolute Gasteiger partial charge is 0.145 e. The summed E-state index contributed by atoms with van der Waals surface area (Å²) in [4.78, 5) is 8.43. The highest BCUT2D eigenvalue weighted by atomic mass is 16.3. The van der Waals surface area contributed by atoms with Crippen molar-refractivity contribution >= 4 is 11.6 Å². The van der Waals surface area contributed by atoms with Crippen LogP contribution in [0.1, 0.15) is 19.2 Å². The molecule has 84 valence electrons. The van der Waals surface area contributed by atoms with Crippen LogP contribution in [0.4, 0.5) is 11.6 Å². The predicted octanol–water partition coefficient (Wildman–Crippen LogP) is 0.119. The zero-order chi connectivity index (χ0) is 11.1. The molecular formula is C9H17N5O. The molecule has 6 heteroatoms. The molecule has 15 heavy (non-hydrogen) atoms. The molecule has 0 saturated heterocycles. The monoisotopic (exact) mass is 211 g/mol. The molecule has 0 amide bonds. The number of anilines is 2. The van der Waals surface area contributed by atoms with Crippen LogP contribution in [0, 0.1) is 0 Å². The van der Waals surface area contributed by atoms with Gasteiger partial charge < -0.3 is 15.8 Å². The standard InChI is InChI=1S/C9H17N5O/c1-2-7-12-8(11-4-3-5-15)6-9(13-7)14-10/h6,15H,2-5,10H2,1H3,(H2,11,12,13,14). The lowest BCUT2D eigenvalue weighted by Crippen LogP contribution is -2.12. The molecule has 0 atom stereocenters. The van der Waals surface area contributed by atoms with Crippen LogP contribution < -0.4 is 16.6 Å². The molecule has 0 aliphatic carbocycles. The summed E-state index contributed by atoms with van der Waals surface area (Å²) in [7, 11) is 0. The Bertz CT molecular complexity index is 282. The van der Waals surface area contributed by atoms with Crippen LogP contribution >= 0.6 is 0 Å². The lowest BCUT2D eigenvalue weighted by molar-refractivity contribution is 0.292. The van der Waals surface area contributed by atoms with Gasteiger partial charge in [0.2, 0.25) is 0 Å². The summed E-state index contributed by atoms with van der Waals surface area (Å²) in [5, 5.41) is 11.7. The minimum absolute atomic E-state index is 0.167. The van der Waals surface area contributed by atoms with Gasteiger partial charge in [-0.15, -0.1) is 0 Å². The van der Waals surface area contributed by atoms with Gasteiger partial charge in [-0.05, 0) is 6.42 Å². The summed E-state index contributed by atoms with van der Waals surface area (Å²) in [5.41, 5.74) is 2.49. The molecule has 1 rings (SSSR count). The van der Waals surface area contributed by atoms with E-state index in [2.05, 4.69) is 20.7 Å². The number of hydrogen-bond acceptors (Lipinski definition) is 6. The Labute approximate surface area is 88.9 Å². The molecule has 6 nitrogen and oxygen atoms in total. The Morgan fingerprint density at radius 1 is 1.40 bits per heavy atom. The lowest BCUT2D eigenvalue weighted by atomic mass is 10.4. The Balaban J connectivity index is 2.68. The van der Waals surface area contributed by atoms with Crippen LogP contribution in [0.2, 0.25) is 0 Å². The second-order valence-electron chi connectivity index (χ2n) is 3.06. The molecule has 0 spiro atoms. The summed E-state index contributed by atoms with van der Waals surface area (Å²) in [6.07, 6.45) is 1.45. The van der Waals surface area contributed by atoms with Crippen LogP contribution in [0.25, 0.3) is 0 Å². The fourth-order valence-electron chi connectivity index (χ4n) is 1.12. The van der Waals surface area contributed by atoms with E-state index in [-0.39, 0.29) is 6.61 Å². The van der Waals surface area contributed by atoms with Gasteiger partial charge in [0.1, 0.15) is 17.5 Å². The third kappa shape index (κ3) is 3.69. The van der Waals surface area contributed by atoms with Crippen molar-refractivity contribution in [3.8, 4) is 0 Å². The molecular weight excluding hydrogens is 194 g/mol. The quantitative estimate of drug-likeness (QED) is 0.303. The highest BCUT2D eigenvalue weighted by molar-refractivity contribution is 5.46. The minimum Gasteiger partial charge on any atom is -0.396 e. The first kappa shape index (κ1) is 11.7. The molecule has 0 unspecified atom stereocenters. The van der Waals surface area contributed by atoms with Crippen LogP contribution in [-0.4, -0.2) is 28.2 Å². The molecule has 0 aliphatic heterocycles. The van der Waals surface area contributed by atoms with Crippen LogP contribution in [0.3, 0.4) is 0 Å². The highest BCUT2D eigenvalue weighted by Crippen LogP contribution is 2.10. The first-order valence-corrected chi connectivity index (χ1v) is 4.99. The Morgan fingerprint density at radius 2 is 2.13 bits per heavy atom. The van der Waals surface area contributed by atoms with Crippen molar-refractivity contribution in [1.82, 2.24) is 9.97 Å². The SMILES string of the molecule is CCc1nc(NN)cc(NCCCO)n1. The van der Waals surface area contributed by atoms with Crippen LogP contribution in [0.5, 0.6) is 0 Å². The fourth-order valence-corrected chi connectivity index (χ4v) is 1.12. The maximum atomic E-state index is 8.64. The topological polar surface area (TPSA) is 96.1 Å². The average Bonchev–Trinajstić information content (AvgIpc) is 2.29. The third-order valence-corrected chi connectivity index (χ3v) is 1.88. The number of hydrazine groups is 1. The lowest BCUT2D eigenvalue weighted by Gasteiger charge is -2.08. The van der Waals surface area contributed by atoms with Crippen LogP contribution in [0.15, 0.2) is 6.07 Å². The molecule has 0 aromatic carbocycles. The number of aliphatic hydroxyl groups excluding tert-OH is 1. The maximum absolute atomic E-state index is 8.64. The number of nitrogens with one attached hydrogen (secondary N) is 2. The largest absolute Gasteiger partial charge is 0.396 e. The number of nitrogens with zero attached hydrogens (tertiary/aromatic N) is 2. The summed E-state index contributed by atoms with van der Waals surface area (Å²) in [6, 6.07) is 1.73. The molecule has 5 N–H and O–H groups in total. The normalized spacial score (nSPS) is 10.1. The first-order chi connectivity index (χ1) is 7.30. The van der Waals surface area contributed by atoms with E-state index in [0.29, 0.717) is 18.8 Å². The van der Waals surface area contributed by atoms with Crippen molar-refractivity contribution in [3.63, 3.8) is 0 Å². The first-order valence-electron chi connectivity index (χ1n) is 4.99. The second kappa shape index (κ2) is 6.15. The number of aryl methyl sites for hydroxylation is 1. The molecule has 0 aliphatic rings. The van der Waals surface area contributed by atoms with Gasteiger partial charge in [-0.2, -0.15) is 0 Å². The summed E-state index contributed by atoms with van der Waals surface area (Å²) >= 11 is 0. The van der Waals surface area contributed by atoms with E-state index in [0.717, 1.165) is 18.1 Å². The molecule has 0 bridgehead atoms. The summed E-state index contributed by atoms with van der Waals surface area (Å²) in [5.74, 6) is 7.34. The van der Waals surface area contributed by atoms with E-state index in [1.54, 1.807) is 6.07 Å². The van der Waals surface area contributed by atoms with Gasteiger partial charge in [-0.1, -0.05) is 6.92 Å². The van der Waals surface area contributed by atoms with Crippen molar-refractivity contribution in [2.75, 3.05) is 23.9 Å². The van der Waals surface area contributed by atoms with Crippen LogP contribution in [-0.2, 0) is 6.42 Å². The van der Waals surface area contributed by atoms with E-state index in [4.69, 9.17) is 10.9 Å². The Morgan fingerprint density at radius 3 is 2.73 bits per heavy atom. The molecule has 1 heterocycles.